The Kier molecular flexibility index (Phi) is 11.1. The minimum absolute atomic E-state index is 0.175. The number of rotatable bonds is 10. The van der Waals surface area contributed by atoms with Crippen molar-refractivity contribution in [3.8, 4) is 0 Å². The van der Waals surface area contributed by atoms with Gasteiger partial charge in [0.2, 0.25) is 0 Å². The average molecular weight is 368 g/mol. The summed E-state index contributed by atoms with van der Waals surface area (Å²) in [6.07, 6.45) is 12.5. The molecule has 0 aromatic heterocycles. The van der Waals surface area contributed by atoms with Gasteiger partial charge in [0.1, 0.15) is 0 Å². The Morgan fingerprint density at radius 1 is 0.941 bits per heavy atom. The Labute approximate surface area is 121 Å². The van der Waals surface area contributed by atoms with Crippen LogP contribution in [0.3, 0.4) is 0 Å². The van der Waals surface area contributed by atoms with E-state index in [0.717, 1.165) is 0 Å². The van der Waals surface area contributed by atoms with Crippen molar-refractivity contribution in [2.45, 2.75) is 82.9 Å². The third-order valence-corrected chi connectivity index (χ3v) is 13.5. The number of allylic oxidation sites excluding steroid dienone is 1. The molecule has 0 saturated carbocycles. The molecule has 0 amide bonds. The molecular formula is C15H32SiTe. The van der Waals surface area contributed by atoms with E-state index in [2.05, 4.69) is 39.6 Å². The Balaban J connectivity index is 4.04. The molecule has 0 fully saturated rings. The summed E-state index contributed by atoms with van der Waals surface area (Å²) in [6.45, 7) is 12.2. The van der Waals surface area contributed by atoms with E-state index in [1.54, 1.807) is 0 Å². The summed E-state index contributed by atoms with van der Waals surface area (Å²) < 4.78 is 3.49. The summed E-state index contributed by atoms with van der Waals surface area (Å²) in [6, 6.07) is 0. The molecule has 102 valence electrons. The second kappa shape index (κ2) is 10.6. The Hall–Kier alpha value is 0.746. The summed E-state index contributed by atoms with van der Waals surface area (Å²) in [5.41, 5.74) is 0. The molecule has 0 radical (unpaired) electrons. The van der Waals surface area contributed by atoms with Gasteiger partial charge in [0.15, 0.2) is 0 Å². The first-order valence-electron chi connectivity index (χ1n) is 7.35. The minimum atomic E-state index is -0.986. The standard InChI is InChI=1S/C15H32SiTe/c1-6-8-10-11-12-13-15(16(3,4)5)17-14-9-7-2/h13H,6-12,14H2,1-5H3/b15-13+. The van der Waals surface area contributed by atoms with E-state index in [1.807, 2.05) is 3.24 Å². The topological polar surface area (TPSA) is 0 Å². The van der Waals surface area contributed by atoms with Gasteiger partial charge < -0.3 is 0 Å². The zero-order valence-electron chi connectivity index (χ0n) is 12.6. The molecule has 0 aliphatic heterocycles. The summed E-state index contributed by atoms with van der Waals surface area (Å²) >= 11 is 0.175. The van der Waals surface area contributed by atoms with Crippen molar-refractivity contribution in [1.29, 1.82) is 0 Å². The van der Waals surface area contributed by atoms with Gasteiger partial charge in [-0.05, 0) is 0 Å². The van der Waals surface area contributed by atoms with Crippen molar-refractivity contribution in [3.05, 3.63) is 9.32 Å². The third-order valence-electron chi connectivity index (χ3n) is 2.88. The predicted octanol–water partition coefficient (Wildman–Crippen LogP) is 5.64. The monoisotopic (exact) mass is 370 g/mol. The van der Waals surface area contributed by atoms with Crippen molar-refractivity contribution in [2.24, 2.45) is 0 Å². The third kappa shape index (κ3) is 10.4. The van der Waals surface area contributed by atoms with Crippen LogP contribution in [-0.2, 0) is 0 Å². The van der Waals surface area contributed by atoms with Gasteiger partial charge in [-0.1, -0.05) is 0 Å². The normalized spacial score (nSPS) is 13.1. The molecule has 0 N–H and O–H groups in total. The van der Waals surface area contributed by atoms with Crippen LogP contribution in [0.15, 0.2) is 9.32 Å². The van der Waals surface area contributed by atoms with Gasteiger partial charge >= 0.3 is 121 Å². The second-order valence-corrected chi connectivity index (χ2v) is 15.3. The second-order valence-electron chi connectivity index (χ2n) is 5.87. The van der Waals surface area contributed by atoms with E-state index >= 15 is 0 Å². The molecule has 0 rings (SSSR count). The van der Waals surface area contributed by atoms with Crippen LogP contribution in [0.1, 0.15) is 58.8 Å². The molecule has 0 aromatic rings. The van der Waals surface area contributed by atoms with E-state index in [9.17, 15) is 0 Å². The molecule has 0 aliphatic rings. The predicted molar refractivity (Wildman–Crippen MR) is 85.7 cm³/mol. The molecule has 0 nitrogen and oxygen atoms in total. The molecule has 0 aliphatic carbocycles. The molecule has 2 heteroatoms. The van der Waals surface area contributed by atoms with Gasteiger partial charge in [-0.3, -0.25) is 0 Å². The van der Waals surface area contributed by atoms with Crippen LogP contribution in [-0.4, -0.2) is 29.0 Å². The maximum atomic E-state index is 2.65. The first-order chi connectivity index (χ1) is 8.02. The Morgan fingerprint density at radius 2 is 1.59 bits per heavy atom. The van der Waals surface area contributed by atoms with Crippen LogP contribution < -0.4 is 0 Å². The first kappa shape index (κ1) is 17.7. The van der Waals surface area contributed by atoms with Gasteiger partial charge in [-0.2, -0.15) is 0 Å². The van der Waals surface area contributed by atoms with Crippen molar-refractivity contribution >= 4 is 29.0 Å². The molecule has 0 unspecified atom stereocenters. The van der Waals surface area contributed by atoms with Gasteiger partial charge in [0.25, 0.3) is 0 Å². The van der Waals surface area contributed by atoms with Crippen molar-refractivity contribution in [3.63, 3.8) is 0 Å². The Bertz CT molecular complexity index is 203. The molecule has 0 aromatic carbocycles. The van der Waals surface area contributed by atoms with E-state index in [4.69, 9.17) is 0 Å². The Morgan fingerprint density at radius 3 is 2.12 bits per heavy atom. The molecule has 0 heterocycles. The summed E-state index contributed by atoms with van der Waals surface area (Å²) in [7, 11) is -0.986. The fourth-order valence-corrected chi connectivity index (χ4v) is 9.83. The van der Waals surface area contributed by atoms with Crippen molar-refractivity contribution in [2.75, 3.05) is 0 Å². The van der Waals surface area contributed by atoms with Crippen LogP contribution >= 0.6 is 0 Å². The summed E-state index contributed by atoms with van der Waals surface area (Å²) in [5.74, 6) is 0. The van der Waals surface area contributed by atoms with E-state index in [0.29, 0.717) is 0 Å². The number of hydrogen-bond donors (Lipinski definition) is 0. The zero-order valence-corrected chi connectivity index (χ0v) is 16.0. The summed E-state index contributed by atoms with van der Waals surface area (Å²) in [5, 5.41) is 0. The van der Waals surface area contributed by atoms with E-state index in [-0.39, 0.29) is 20.9 Å². The van der Waals surface area contributed by atoms with Gasteiger partial charge in [0, 0.05) is 0 Å². The van der Waals surface area contributed by atoms with Crippen molar-refractivity contribution < 1.29 is 0 Å². The van der Waals surface area contributed by atoms with Gasteiger partial charge in [0.05, 0.1) is 0 Å². The first-order valence-corrected chi connectivity index (χ1v) is 13.7. The molecule has 0 spiro atoms. The van der Waals surface area contributed by atoms with Gasteiger partial charge in [-0.25, -0.2) is 0 Å². The van der Waals surface area contributed by atoms with Crippen LogP contribution in [0.2, 0.25) is 24.1 Å². The zero-order chi connectivity index (χ0) is 13.1. The maximum absolute atomic E-state index is 2.65. The van der Waals surface area contributed by atoms with Gasteiger partial charge in [-0.15, -0.1) is 0 Å². The average Bonchev–Trinajstić information content (AvgIpc) is 2.25. The molecular weight excluding hydrogens is 336 g/mol. The van der Waals surface area contributed by atoms with Crippen LogP contribution in [0.4, 0.5) is 0 Å². The number of hydrogen-bond acceptors (Lipinski definition) is 0. The van der Waals surface area contributed by atoms with E-state index in [1.165, 1.54) is 49.4 Å². The fourth-order valence-electron chi connectivity index (χ4n) is 1.71. The fraction of sp³-hybridized carbons (Fsp3) is 0.867. The van der Waals surface area contributed by atoms with Crippen molar-refractivity contribution in [1.82, 2.24) is 0 Å². The van der Waals surface area contributed by atoms with Crippen LogP contribution in [0.5, 0.6) is 0 Å². The van der Waals surface area contributed by atoms with E-state index < -0.39 is 8.07 Å². The van der Waals surface area contributed by atoms with Crippen LogP contribution in [0, 0.1) is 0 Å². The van der Waals surface area contributed by atoms with Crippen LogP contribution in [0.25, 0.3) is 0 Å². The molecule has 0 bridgehead atoms. The molecule has 0 atom stereocenters. The SMILES string of the molecule is CCCCCC/C=C(/[Te]CCCC)[Si](C)(C)C. The number of unbranched alkanes of at least 4 members (excludes halogenated alkanes) is 5. The summed E-state index contributed by atoms with van der Waals surface area (Å²) in [4.78, 5) is 0. The quantitative estimate of drug-likeness (QED) is 0.346. The molecule has 0 saturated heterocycles. The molecule has 17 heavy (non-hydrogen) atoms.